The van der Waals surface area contributed by atoms with Crippen molar-refractivity contribution in [2.75, 3.05) is 26.2 Å². The molecule has 2 fully saturated rings. The number of aromatic amines is 2. The van der Waals surface area contributed by atoms with Gasteiger partial charge in [-0.25, -0.2) is 9.97 Å². The number of hydrogen-bond acceptors (Lipinski definition) is 4. The highest BCUT2D eigenvalue weighted by molar-refractivity contribution is 5.78. The van der Waals surface area contributed by atoms with E-state index < -0.39 is 0 Å². The van der Waals surface area contributed by atoms with Crippen LogP contribution in [0.2, 0.25) is 0 Å². The van der Waals surface area contributed by atoms with E-state index in [0.717, 1.165) is 56.7 Å². The number of imidazole rings is 2. The van der Waals surface area contributed by atoms with Gasteiger partial charge in [0.2, 0.25) is 0 Å². The summed E-state index contributed by atoms with van der Waals surface area (Å²) in [6, 6.07) is 13.5. The highest BCUT2D eigenvalue weighted by atomic mass is 15.2. The summed E-state index contributed by atoms with van der Waals surface area (Å²) in [5, 5.41) is 0. The third kappa shape index (κ3) is 6.14. The quantitative estimate of drug-likeness (QED) is 0.192. The van der Waals surface area contributed by atoms with E-state index in [-0.39, 0.29) is 0 Å². The summed E-state index contributed by atoms with van der Waals surface area (Å²) in [4.78, 5) is 22.6. The Kier molecular flexibility index (Phi) is 8.97. The van der Waals surface area contributed by atoms with Gasteiger partial charge in [-0.2, -0.15) is 0 Å². The summed E-state index contributed by atoms with van der Waals surface area (Å²) in [5.74, 6) is 10.6. The second-order valence-electron chi connectivity index (χ2n) is 12.6. The van der Waals surface area contributed by atoms with Gasteiger partial charge in [0.1, 0.15) is 11.6 Å². The van der Waals surface area contributed by atoms with Crippen molar-refractivity contribution in [2.45, 2.75) is 91.1 Å². The van der Waals surface area contributed by atoms with E-state index in [4.69, 9.17) is 9.97 Å². The summed E-state index contributed by atoms with van der Waals surface area (Å²) >= 11 is 0. The minimum atomic E-state index is 0.398. The third-order valence-electron chi connectivity index (χ3n) is 10.0. The third-order valence-corrected chi connectivity index (χ3v) is 10.0. The predicted molar refractivity (Wildman–Crippen MR) is 173 cm³/mol. The van der Waals surface area contributed by atoms with Crippen molar-refractivity contribution < 1.29 is 0 Å². The highest BCUT2D eigenvalue weighted by Crippen LogP contribution is 2.34. The number of hydrogen-bond donors (Lipinski definition) is 2. The lowest BCUT2D eigenvalue weighted by atomic mass is 10.0. The van der Waals surface area contributed by atoms with Crippen molar-refractivity contribution in [3.8, 4) is 11.8 Å². The van der Waals surface area contributed by atoms with Gasteiger partial charge in [-0.1, -0.05) is 65.2 Å². The fourth-order valence-electron chi connectivity index (χ4n) is 7.14. The number of aromatic nitrogens is 4. The Bertz CT molecular complexity index is 1430. The molecule has 6 nitrogen and oxygen atoms in total. The lowest BCUT2D eigenvalue weighted by molar-refractivity contribution is 0.204. The lowest BCUT2D eigenvalue weighted by Crippen LogP contribution is -2.29. The first kappa shape index (κ1) is 29.0. The van der Waals surface area contributed by atoms with Gasteiger partial charge in [-0.3, -0.25) is 9.80 Å². The van der Waals surface area contributed by atoms with Crippen LogP contribution in [0.3, 0.4) is 0 Å². The second kappa shape index (κ2) is 13.0. The van der Waals surface area contributed by atoms with Crippen LogP contribution in [0.1, 0.15) is 114 Å². The van der Waals surface area contributed by atoms with Crippen LogP contribution >= 0.6 is 0 Å². The highest BCUT2D eigenvalue weighted by Gasteiger charge is 2.30. The van der Waals surface area contributed by atoms with Crippen molar-refractivity contribution in [3.05, 3.63) is 59.2 Å². The molecule has 4 heterocycles. The molecular formula is C36H48N6. The van der Waals surface area contributed by atoms with E-state index in [0.29, 0.717) is 12.1 Å². The molecule has 2 aliphatic rings. The summed E-state index contributed by atoms with van der Waals surface area (Å²) in [6.07, 6.45) is 9.84. The van der Waals surface area contributed by atoms with Crippen molar-refractivity contribution in [3.63, 3.8) is 0 Å². The maximum atomic E-state index is 5.00. The fourth-order valence-corrected chi connectivity index (χ4v) is 7.14. The molecule has 6 heteroatoms. The van der Waals surface area contributed by atoms with Crippen LogP contribution in [0, 0.1) is 23.7 Å². The summed E-state index contributed by atoms with van der Waals surface area (Å²) < 4.78 is 0. The molecule has 6 rings (SSSR count). The van der Waals surface area contributed by atoms with E-state index in [2.05, 4.69) is 95.7 Å². The van der Waals surface area contributed by atoms with Gasteiger partial charge in [0, 0.05) is 24.2 Å². The standard InChI is InChI=1S/C36H48N6/c1-5-25(6-2)23-41-19-9-11-33(41)35-37-29-17-15-27(21-31(29)39-35)13-14-28-16-18-30-32(22-28)40-36(38-30)34-12-10-20-42(34)24-26(7-3)8-4/h15-18,21-22,25-26,33-34H,5-12,19-20,23-24H2,1-4H3,(H,37,39)(H,38,40)/t33-,34-/m0/s1. The number of rotatable bonds is 10. The van der Waals surface area contributed by atoms with Crippen LogP contribution < -0.4 is 0 Å². The van der Waals surface area contributed by atoms with E-state index in [9.17, 15) is 0 Å². The van der Waals surface area contributed by atoms with Gasteiger partial charge in [0.25, 0.3) is 0 Å². The molecule has 2 atom stereocenters. The Morgan fingerprint density at radius 1 is 0.690 bits per heavy atom. The van der Waals surface area contributed by atoms with Crippen molar-refractivity contribution in [1.82, 2.24) is 29.7 Å². The van der Waals surface area contributed by atoms with Gasteiger partial charge in [-0.05, 0) is 87.0 Å². The molecule has 0 spiro atoms. The molecule has 0 saturated carbocycles. The Morgan fingerprint density at radius 3 is 1.52 bits per heavy atom. The number of nitrogens with one attached hydrogen (secondary N) is 2. The minimum Gasteiger partial charge on any atom is -0.341 e. The van der Waals surface area contributed by atoms with Crippen molar-refractivity contribution >= 4 is 22.1 Å². The Balaban J connectivity index is 1.17. The Labute approximate surface area is 251 Å². The predicted octanol–water partition coefficient (Wildman–Crippen LogP) is 7.99. The Morgan fingerprint density at radius 2 is 1.12 bits per heavy atom. The number of fused-ring (bicyclic) bond motifs is 2. The molecule has 0 amide bonds. The fraction of sp³-hybridized carbons (Fsp3) is 0.556. The van der Waals surface area contributed by atoms with Crippen LogP contribution in [-0.4, -0.2) is 55.9 Å². The average Bonchev–Trinajstić information content (AvgIpc) is 3.82. The molecule has 4 aromatic rings. The van der Waals surface area contributed by atoms with Gasteiger partial charge >= 0.3 is 0 Å². The van der Waals surface area contributed by atoms with E-state index >= 15 is 0 Å². The van der Waals surface area contributed by atoms with Gasteiger partial charge in [0.15, 0.2) is 0 Å². The molecule has 2 saturated heterocycles. The van der Waals surface area contributed by atoms with Crippen LogP contribution in [0.25, 0.3) is 22.1 Å². The molecule has 2 aromatic carbocycles. The van der Waals surface area contributed by atoms with Gasteiger partial charge in [0.05, 0.1) is 34.2 Å². The zero-order valence-electron chi connectivity index (χ0n) is 26.0. The molecule has 2 aromatic heterocycles. The number of benzene rings is 2. The smallest absolute Gasteiger partial charge is 0.124 e. The van der Waals surface area contributed by atoms with Crippen LogP contribution in [0.15, 0.2) is 36.4 Å². The minimum absolute atomic E-state index is 0.398. The number of likely N-dealkylation sites (tertiary alicyclic amines) is 2. The van der Waals surface area contributed by atoms with Crippen molar-refractivity contribution in [2.24, 2.45) is 11.8 Å². The first-order valence-corrected chi connectivity index (χ1v) is 16.6. The molecule has 42 heavy (non-hydrogen) atoms. The largest absolute Gasteiger partial charge is 0.341 e. The topological polar surface area (TPSA) is 63.8 Å². The van der Waals surface area contributed by atoms with Gasteiger partial charge < -0.3 is 9.97 Å². The maximum Gasteiger partial charge on any atom is 0.124 e. The molecule has 0 aliphatic carbocycles. The summed E-state index contributed by atoms with van der Waals surface area (Å²) in [6.45, 7) is 13.9. The number of H-pyrrole nitrogens is 2. The zero-order valence-corrected chi connectivity index (χ0v) is 26.0. The van der Waals surface area contributed by atoms with Crippen LogP contribution in [0.5, 0.6) is 0 Å². The van der Waals surface area contributed by atoms with E-state index in [1.165, 1.54) is 77.5 Å². The van der Waals surface area contributed by atoms with Gasteiger partial charge in [-0.15, -0.1) is 0 Å². The van der Waals surface area contributed by atoms with E-state index in [1.54, 1.807) is 0 Å². The Hall–Kier alpha value is -3.14. The number of nitrogens with zero attached hydrogens (tertiary/aromatic N) is 4. The average molecular weight is 565 g/mol. The molecule has 2 aliphatic heterocycles. The molecule has 2 N–H and O–H groups in total. The molecule has 222 valence electrons. The lowest BCUT2D eigenvalue weighted by Gasteiger charge is -2.26. The van der Waals surface area contributed by atoms with Crippen molar-refractivity contribution in [1.29, 1.82) is 0 Å². The summed E-state index contributed by atoms with van der Waals surface area (Å²) in [5.41, 5.74) is 6.23. The normalized spacial score (nSPS) is 20.0. The SMILES string of the molecule is CCC(CC)CN1CCC[C@H]1c1nc2ccc(C#Cc3ccc4nc([C@@H]5CCCN5CC(CC)CC)[nH]c4c3)cc2[nH]1. The second-order valence-corrected chi connectivity index (χ2v) is 12.6. The summed E-state index contributed by atoms with van der Waals surface area (Å²) in [7, 11) is 0. The molecular weight excluding hydrogens is 516 g/mol. The van der Waals surface area contributed by atoms with Crippen LogP contribution in [-0.2, 0) is 0 Å². The van der Waals surface area contributed by atoms with Crippen LogP contribution in [0.4, 0.5) is 0 Å². The van der Waals surface area contributed by atoms with E-state index in [1.807, 2.05) is 0 Å². The maximum absolute atomic E-state index is 5.00. The molecule has 0 unspecified atom stereocenters. The molecule has 0 bridgehead atoms. The first-order valence-electron chi connectivity index (χ1n) is 16.6. The monoisotopic (exact) mass is 564 g/mol. The first-order chi connectivity index (χ1) is 20.6. The molecule has 0 radical (unpaired) electrons. The zero-order chi connectivity index (χ0) is 29.1.